The number of aromatic nitrogens is 2. The van der Waals surface area contributed by atoms with Crippen LogP contribution in [-0.2, 0) is 13.2 Å². The monoisotopic (exact) mass is 471 g/mol. The van der Waals surface area contributed by atoms with Gasteiger partial charge in [-0.15, -0.1) is 0 Å². The maximum absolute atomic E-state index is 12.7. The Morgan fingerprint density at radius 3 is 2.65 bits per heavy atom. The van der Waals surface area contributed by atoms with Gasteiger partial charge in [-0.1, -0.05) is 60.1 Å². The number of halogens is 1. The smallest absolute Gasteiger partial charge is 0.292 e. The van der Waals surface area contributed by atoms with E-state index in [1.807, 2.05) is 67.6 Å². The van der Waals surface area contributed by atoms with Crippen LogP contribution in [0.25, 0.3) is 10.8 Å². The fourth-order valence-corrected chi connectivity index (χ4v) is 3.88. The van der Waals surface area contributed by atoms with Crippen LogP contribution in [0.4, 0.5) is 5.82 Å². The molecule has 7 heteroatoms. The van der Waals surface area contributed by atoms with Crippen LogP contribution in [0.1, 0.15) is 27.6 Å². The summed E-state index contributed by atoms with van der Waals surface area (Å²) in [5.74, 6) is 1.55. The molecule has 0 aliphatic rings. The Labute approximate surface area is 201 Å². The van der Waals surface area contributed by atoms with E-state index in [0.717, 1.165) is 27.8 Å². The van der Waals surface area contributed by atoms with Crippen LogP contribution in [0.15, 0.2) is 89.3 Å². The lowest BCUT2D eigenvalue weighted by molar-refractivity contribution is 0.0992. The Bertz CT molecular complexity index is 1470. The summed E-state index contributed by atoms with van der Waals surface area (Å²) in [5, 5.41) is 10.2. The first-order valence-electron chi connectivity index (χ1n) is 10.8. The lowest BCUT2D eigenvalue weighted by atomic mass is 10.1. The summed E-state index contributed by atoms with van der Waals surface area (Å²) in [7, 11) is 0. The first kappa shape index (κ1) is 21.8. The third-order valence-corrected chi connectivity index (χ3v) is 5.86. The number of carbonyl (C=O) groups is 1. The largest absolute Gasteiger partial charge is 0.486 e. The number of ether oxygens (including phenoxy) is 1. The SMILES string of the molecule is Cc1cc(NC(=O)c2ccc(COc3ccc4ccccc4c3)o2)nn1Cc1ccccc1Cl. The van der Waals surface area contributed by atoms with E-state index in [4.69, 9.17) is 20.8 Å². The van der Waals surface area contributed by atoms with E-state index < -0.39 is 0 Å². The van der Waals surface area contributed by atoms with Crippen molar-refractivity contribution in [1.29, 1.82) is 0 Å². The zero-order valence-corrected chi connectivity index (χ0v) is 19.3. The molecule has 2 aromatic heterocycles. The number of hydrogen-bond donors (Lipinski definition) is 1. The number of rotatable bonds is 7. The topological polar surface area (TPSA) is 69.3 Å². The third-order valence-electron chi connectivity index (χ3n) is 5.49. The molecule has 6 nitrogen and oxygen atoms in total. The van der Waals surface area contributed by atoms with Crippen molar-refractivity contribution in [1.82, 2.24) is 9.78 Å². The fourth-order valence-electron chi connectivity index (χ4n) is 3.69. The summed E-state index contributed by atoms with van der Waals surface area (Å²) in [6.45, 7) is 2.66. The number of aryl methyl sites for hydroxylation is 1. The van der Waals surface area contributed by atoms with Gasteiger partial charge in [-0.3, -0.25) is 9.48 Å². The molecule has 0 fully saturated rings. The van der Waals surface area contributed by atoms with Crippen molar-refractivity contribution >= 4 is 34.1 Å². The molecule has 1 N–H and O–H groups in total. The van der Waals surface area contributed by atoms with Gasteiger partial charge in [-0.25, -0.2) is 0 Å². The number of carbonyl (C=O) groups excluding carboxylic acids is 1. The van der Waals surface area contributed by atoms with Gasteiger partial charge >= 0.3 is 0 Å². The average Bonchev–Trinajstić information content (AvgIpc) is 3.45. The number of nitrogens with zero attached hydrogens (tertiary/aromatic N) is 2. The van der Waals surface area contributed by atoms with E-state index in [-0.39, 0.29) is 18.3 Å². The fraction of sp³-hybridized carbons (Fsp3) is 0.111. The highest BCUT2D eigenvalue weighted by atomic mass is 35.5. The number of nitrogens with one attached hydrogen (secondary N) is 1. The number of amides is 1. The highest BCUT2D eigenvalue weighted by molar-refractivity contribution is 6.31. The molecule has 34 heavy (non-hydrogen) atoms. The molecule has 170 valence electrons. The number of fused-ring (bicyclic) bond motifs is 1. The minimum atomic E-state index is -0.376. The minimum absolute atomic E-state index is 0.190. The molecule has 0 spiro atoms. The van der Waals surface area contributed by atoms with E-state index in [1.165, 1.54) is 0 Å². The van der Waals surface area contributed by atoms with Gasteiger partial charge in [0.05, 0.1) is 6.54 Å². The van der Waals surface area contributed by atoms with Gasteiger partial charge < -0.3 is 14.5 Å². The second-order valence-electron chi connectivity index (χ2n) is 7.94. The molecule has 0 aliphatic heterocycles. The number of hydrogen-bond acceptors (Lipinski definition) is 4. The maximum Gasteiger partial charge on any atom is 0.292 e. The molecule has 1 amide bonds. The van der Waals surface area contributed by atoms with Crippen molar-refractivity contribution in [2.75, 3.05) is 5.32 Å². The minimum Gasteiger partial charge on any atom is -0.486 e. The zero-order chi connectivity index (χ0) is 23.5. The van der Waals surface area contributed by atoms with Crippen molar-refractivity contribution in [2.45, 2.75) is 20.1 Å². The molecule has 0 radical (unpaired) electrons. The highest BCUT2D eigenvalue weighted by Gasteiger charge is 2.15. The van der Waals surface area contributed by atoms with Crippen molar-refractivity contribution in [3.63, 3.8) is 0 Å². The molecule has 2 heterocycles. The van der Waals surface area contributed by atoms with Crippen LogP contribution in [-0.4, -0.2) is 15.7 Å². The Morgan fingerprint density at radius 2 is 1.79 bits per heavy atom. The number of furan rings is 1. The zero-order valence-electron chi connectivity index (χ0n) is 18.5. The van der Waals surface area contributed by atoms with Gasteiger partial charge in [0.25, 0.3) is 5.91 Å². The molecule has 0 saturated heterocycles. The molecule has 0 unspecified atom stereocenters. The predicted molar refractivity (Wildman–Crippen MR) is 132 cm³/mol. The third kappa shape index (κ3) is 4.82. The summed E-state index contributed by atoms with van der Waals surface area (Å²) in [5.41, 5.74) is 1.86. The summed E-state index contributed by atoms with van der Waals surface area (Å²) in [6, 6.07) is 26.8. The Hall–Kier alpha value is -4.03. The molecule has 0 saturated carbocycles. The molecular formula is C27H22ClN3O3. The van der Waals surface area contributed by atoms with Crippen molar-refractivity contribution in [2.24, 2.45) is 0 Å². The molecule has 5 rings (SSSR count). The second-order valence-corrected chi connectivity index (χ2v) is 8.34. The van der Waals surface area contributed by atoms with Crippen LogP contribution < -0.4 is 10.1 Å². The lowest BCUT2D eigenvalue weighted by Crippen LogP contribution is -2.12. The maximum atomic E-state index is 12.7. The second kappa shape index (κ2) is 9.45. The molecular weight excluding hydrogens is 450 g/mol. The molecule has 5 aromatic rings. The van der Waals surface area contributed by atoms with E-state index >= 15 is 0 Å². The van der Waals surface area contributed by atoms with Crippen LogP contribution in [0, 0.1) is 6.92 Å². The highest BCUT2D eigenvalue weighted by Crippen LogP contribution is 2.22. The van der Waals surface area contributed by atoms with Crippen LogP contribution in [0.5, 0.6) is 5.75 Å². The Kier molecular flexibility index (Phi) is 6.06. The van der Waals surface area contributed by atoms with Gasteiger partial charge in [0.1, 0.15) is 18.1 Å². The predicted octanol–water partition coefficient (Wildman–Crippen LogP) is 6.47. The van der Waals surface area contributed by atoms with E-state index in [0.29, 0.717) is 23.1 Å². The van der Waals surface area contributed by atoms with Gasteiger partial charge in [0.2, 0.25) is 0 Å². The van der Waals surface area contributed by atoms with Crippen LogP contribution in [0.2, 0.25) is 5.02 Å². The molecule has 0 atom stereocenters. The first-order valence-corrected chi connectivity index (χ1v) is 11.2. The first-order chi connectivity index (χ1) is 16.5. The van der Waals surface area contributed by atoms with Crippen molar-refractivity contribution < 1.29 is 13.9 Å². The Balaban J connectivity index is 1.21. The van der Waals surface area contributed by atoms with Crippen molar-refractivity contribution in [3.8, 4) is 5.75 Å². The normalized spacial score (nSPS) is 11.0. The summed E-state index contributed by atoms with van der Waals surface area (Å²) >= 11 is 6.26. The summed E-state index contributed by atoms with van der Waals surface area (Å²) in [6.07, 6.45) is 0. The lowest BCUT2D eigenvalue weighted by Gasteiger charge is -2.06. The quantitative estimate of drug-likeness (QED) is 0.295. The summed E-state index contributed by atoms with van der Waals surface area (Å²) in [4.78, 5) is 12.7. The molecule has 3 aromatic carbocycles. The van der Waals surface area contributed by atoms with E-state index in [2.05, 4.69) is 16.5 Å². The van der Waals surface area contributed by atoms with E-state index in [9.17, 15) is 4.79 Å². The van der Waals surface area contributed by atoms with Gasteiger partial charge in [0.15, 0.2) is 11.6 Å². The summed E-state index contributed by atoms with van der Waals surface area (Å²) < 4.78 is 13.3. The van der Waals surface area contributed by atoms with Crippen LogP contribution in [0.3, 0.4) is 0 Å². The average molecular weight is 472 g/mol. The van der Waals surface area contributed by atoms with Gasteiger partial charge in [-0.2, -0.15) is 5.10 Å². The number of anilines is 1. The Morgan fingerprint density at radius 1 is 1.00 bits per heavy atom. The van der Waals surface area contributed by atoms with Crippen LogP contribution >= 0.6 is 11.6 Å². The molecule has 0 aliphatic carbocycles. The number of benzene rings is 3. The van der Waals surface area contributed by atoms with E-state index in [1.54, 1.807) is 22.9 Å². The van der Waals surface area contributed by atoms with Gasteiger partial charge in [0, 0.05) is 16.8 Å². The standard InChI is InChI=1S/C27H22ClN3O3/c1-18-14-26(30-31(18)16-21-8-4-5-9-24(21)28)29-27(32)25-13-12-23(34-25)17-33-22-11-10-19-6-2-3-7-20(19)15-22/h2-15H,16-17H2,1H3,(H,29,30,32). The van der Waals surface area contributed by atoms with Crippen molar-refractivity contribution in [3.05, 3.63) is 113 Å². The van der Waals surface area contributed by atoms with Gasteiger partial charge in [-0.05, 0) is 53.6 Å². The molecule has 0 bridgehead atoms.